The zero-order valence-corrected chi connectivity index (χ0v) is 12.4. The molecular weight excluding hydrogens is 274 g/mol. The van der Waals surface area contributed by atoms with E-state index in [0.29, 0.717) is 5.15 Å². The van der Waals surface area contributed by atoms with Crippen LogP contribution >= 0.6 is 11.6 Å². The molecule has 5 heteroatoms. The van der Waals surface area contributed by atoms with Crippen molar-refractivity contribution in [2.45, 2.75) is 6.92 Å². The Kier molecular flexibility index (Phi) is 4.25. The molecule has 2 aromatic rings. The molecule has 0 N–H and O–H groups in total. The standard InChI is InChI=1S/C15H16ClN3O/c1-11-13(15(16)19(3)17-11)9-10-14(20)18(2)12-7-5-4-6-8-12/h4-10H,1-3H3/b10-9+. The number of benzene rings is 1. The lowest BCUT2D eigenvalue weighted by Gasteiger charge is -2.14. The van der Waals surface area contributed by atoms with Crippen molar-refractivity contribution in [2.24, 2.45) is 7.05 Å². The van der Waals surface area contributed by atoms with Crippen LogP contribution in [0.25, 0.3) is 6.08 Å². The molecule has 0 spiro atoms. The first kappa shape index (κ1) is 14.3. The first-order valence-electron chi connectivity index (χ1n) is 6.20. The minimum atomic E-state index is -0.115. The summed E-state index contributed by atoms with van der Waals surface area (Å²) in [6.45, 7) is 1.86. The lowest BCUT2D eigenvalue weighted by atomic mass is 10.2. The van der Waals surface area contributed by atoms with E-state index in [1.807, 2.05) is 37.3 Å². The zero-order valence-electron chi connectivity index (χ0n) is 11.7. The van der Waals surface area contributed by atoms with Gasteiger partial charge in [-0.15, -0.1) is 0 Å². The highest BCUT2D eigenvalue weighted by molar-refractivity contribution is 6.31. The molecule has 0 unspecified atom stereocenters. The van der Waals surface area contributed by atoms with E-state index in [4.69, 9.17) is 11.6 Å². The molecule has 0 fully saturated rings. The number of rotatable bonds is 3. The predicted octanol–water partition coefficient (Wildman–Crippen LogP) is 3.06. The van der Waals surface area contributed by atoms with Crippen LogP contribution in [0, 0.1) is 6.92 Å². The highest BCUT2D eigenvalue weighted by Gasteiger charge is 2.10. The molecule has 0 aliphatic carbocycles. The third kappa shape index (κ3) is 2.91. The Morgan fingerprint density at radius 2 is 2.00 bits per heavy atom. The maximum absolute atomic E-state index is 12.1. The van der Waals surface area contributed by atoms with Crippen LogP contribution < -0.4 is 4.90 Å². The third-order valence-electron chi connectivity index (χ3n) is 3.06. The summed E-state index contributed by atoms with van der Waals surface area (Å²) in [5.41, 5.74) is 2.41. The summed E-state index contributed by atoms with van der Waals surface area (Å²) in [5, 5.41) is 4.72. The molecule has 0 aliphatic rings. The molecule has 104 valence electrons. The monoisotopic (exact) mass is 289 g/mol. The Bertz CT molecular complexity index is 647. The maximum atomic E-state index is 12.1. The van der Waals surface area contributed by atoms with Crippen LogP contribution in [0.3, 0.4) is 0 Å². The van der Waals surface area contributed by atoms with Crippen LogP contribution in [0.15, 0.2) is 36.4 Å². The van der Waals surface area contributed by atoms with Gasteiger partial charge in [0.25, 0.3) is 5.91 Å². The SMILES string of the molecule is Cc1nn(C)c(Cl)c1/C=C/C(=O)N(C)c1ccccc1. The van der Waals surface area contributed by atoms with Crippen molar-refractivity contribution in [1.29, 1.82) is 0 Å². The molecule has 0 saturated carbocycles. The highest BCUT2D eigenvalue weighted by atomic mass is 35.5. The van der Waals surface area contributed by atoms with E-state index in [2.05, 4.69) is 5.10 Å². The highest BCUT2D eigenvalue weighted by Crippen LogP contribution is 2.20. The molecule has 2 rings (SSSR count). The number of hydrogen-bond donors (Lipinski definition) is 0. The van der Waals surface area contributed by atoms with Crippen LogP contribution in [0.1, 0.15) is 11.3 Å². The summed E-state index contributed by atoms with van der Waals surface area (Å²) in [6, 6.07) is 9.47. The summed E-state index contributed by atoms with van der Waals surface area (Å²) < 4.78 is 1.59. The number of halogens is 1. The van der Waals surface area contributed by atoms with Gasteiger partial charge in [0.05, 0.1) is 5.69 Å². The van der Waals surface area contributed by atoms with Gasteiger partial charge in [-0.3, -0.25) is 9.48 Å². The molecule has 0 saturated heterocycles. The first-order valence-corrected chi connectivity index (χ1v) is 6.58. The van der Waals surface area contributed by atoms with Gasteiger partial charge in [0.2, 0.25) is 0 Å². The molecule has 20 heavy (non-hydrogen) atoms. The Morgan fingerprint density at radius 3 is 2.55 bits per heavy atom. The minimum Gasteiger partial charge on any atom is -0.312 e. The summed E-state index contributed by atoms with van der Waals surface area (Å²) >= 11 is 6.12. The molecule has 4 nitrogen and oxygen atoms in total. The second kappa shape index (κ2) is 5.92. The number of anilines is 1. The van der Waals surface area contributed by atoms with E-state index in [1.54, 1.807) is 29.8 Å². The predicted molar refractivity (Wildman–Crippen MR) is 81.8 cm³/mol. The van der Waals surface area contributed by atoms with Crippen molar-refractivity contribution < 1.29 is 4.79 Å². The van der Waals surface area contributed by atoms with Gasteiger partial charge in [-0.05, 0) is 25.1 Å². The number of carbonyl (C=O) groups excluding carboxylic acids is 1. The van der Waals surface area contributed by atoms with E-state index in [0.717, 1.165) is 16.9 Å². The molecule has 1 heterocycles. The van der Waals surface area contributed by atoms with E-state index in [-0.39, 0.29) is 5.91 Å². The molecular formula is C15H16ClN3O. The molecule has 0 radical (unpaired) electrons. The molecule has 0 bridgehead atoms. The molecule has 1 aromatic carbocycles. The van der Waals surface area contributed by atoms with Crippen LogP contribution in [0.5, 0.6) is 0 Å². The first-order chi connectivity index (χ1) is 9.50. The normalized spacial score (nSPS) is 11.0. The summed E-state index contributed by atoms with van der Waals surface area (Å²) in [7, 11) is 3.50. The van der Waals surface area contributed by atoms with Gasteiger partial charge in [-0.2, -0.15) is 5.10 Å². The van der Waals surface area contributed by atoms with Crippen LogP contribution in [-0.4, -0.2) is 22.7 Å². The molecule has 0 aliphatic heterocycles. The number of likely N-dealkylation sites (N-methyl/N-ethyl adjacent to an activating group) is 1. The van der Waals surface area contributed by atoms with Crippen molar-refractivity contribution in [1.82, 2.24) is 9.78 Å². The average Bonchev–Trinajstić information content (AvgIpc) is 2.70. The van der Waals surface area contributed by atoms with Gasteiger partial charge in [0.15, 0.2) is 0 Å². The maximum Gasteiger partial charge on any atom is 0.250 e. The number of carbonyl (C=O) groups is 1. The average molecular weight is 290 g/mol. The van der Waals surface area contributed by atoms with E-state index < -0.39 is 0 Å². The number of amides is 1. The van der Waals surface area contributed by atoms with Crippen LogP contribution in [-0.2, 0) is 11.8 Å². The number of hydrogen-bond acceptors (Lipinski definition) is 2. The Morgan fingerprint density at radius 1 is 1.35 bits per heavy atom. The minimum absolute atomic E-state index is 0.115. The summed E-state index contributed by atoms with van der Waals surface area (Å²) in [4.78, 5) is 13.7. The number of aryl methyl sites for hydroxylation is 2. The fourth-order valence-corrected chi connectivity index (χ4v) is 2.12. The van der Waals surface area contributed by atoms with Gasteiger partial charge in [0.1, 0.15) is 5.15 Å². The van der Waals surface area contributed by atoms with Crippen molar-refractivity contribution in [3.05, 3.63) is 52.8 Å². The Labute approximate surface area is 123 Å². The number of para-hydroxylation sites is 1. The molecule has 0 atom stereocenters. The Hall–Kier alpha value is -2.07. The number of nitrogens with zero attached hydrogens (tertiary/aromatic N) is 3. The quantitative estimate of drug-likeness (QED) is 0.815. The second-order valence-corrected chi connectivity index (χ2v) is 4.84. The van der Waals surface area contributed by atoms with Crippen molar-refractivity contribution in [3.8, 4) is 0 Å². The fourth-order valence-electron chi connectivity index (χ4n) is 1.88. The van der Waals surface area contributed by atoms with E-state index in [1.165, 1.54) is 6.08 Å². The van der Waals surface area contributed by atoms with Crippen molar-refractivity contribution in [3.63, 3.8) is 0 Å². The van der Waals surface area contributed by atoms with Crippen molar-refractivity contribution in [2.75, 3.05) is 11.9 Å². The van der Waals surface area contributed by atoms with Crippen LogP contribution in [0.2, 0.25) is 5.15 Å². The van der Waals surface area contributed by atoms with Gasteiger partial charge in [-0.1, -0.05) is 29.8 Å². The van der Waals surface area contributed by atoms with E-state index in [9.17, 15) is 4.79 Å². The van der Waals surface area contributed by atoms with Gasteiger partial charge in [0, 0.05) is 31.4 Å². The summed E-state index contributed by atoms with van der Waals surface area (Å²) in [6.07, 6.45) is 3.20. The third-order valence-corrected chi connectivity index (χ3v) is 3.51. The zero-order chi connectivity index (χ0) is 14.7. The van der Waals surface area contributed by atoms with Crippen LogP contribution in [0.4, 0.5) is 5.69 Å². The topological polar surface area (TPSA) is 38.1 Å². The molecule has 1 amide bonds. The summed E-state index contributed by atoms with van der Waals surface area (Å²) in [5.74, 6) is -0.115. The van der Waals surface area contributed by atoms with Gasteiger partial charge in [-0.25, -0.2) is 0 Å². The largest absolute Gasteiger partial charge is 0.312 e. The number of aromatic nitrogens is 2. The lowest BCUT2D eigenvalue weighted by molar-refractivity contribution is -0.113. The van der Waals surface area contributed by atoms with Gasteiger partial charge >= 0.3 is 0 Å². The van der Waals surface area contributed by atoms with Crippen molar-refractivity contribution >= 4 is 29.3 Å². The second-order valence-electron chi connectivity index (χ2n) is 4.48. The Balaban J connectivity index is 2.17. The lowest BCUT2D eigenvalue weighted by Crippen LogP contribution is -2.23. The van der Waals surface area contributed by atoms with E-state index >= 15 is 0 Å². The smallest absolute Gasteiger partial charge is 0.250 e. The molecule has 1 aromatic heterocycles. The fraction of sp³-hybridized carbons (Fsp3) is 0.200. The van der Waals surface area contributed by atoms with Gasteiger partial charge < -0.3 is 4.90 Å².